The molecule has 0 saturated heterocycles. The Hall–Kier alpha value is -1.31. The van der Waals surface area contributed by atoms with Crippen molar-refractivity contribution < 1.29 is 4.79 Å². The summed E-state index contributed by atoms with van der Waals surface area (Å²) in [5.74, 6) is 0.170. The van der Waals surface area contributed by atoms with Crippen LogP contribution in [0.5, 0.6) is 0 Å². The molecule has 0 fully saturated rings. The Balaban J connectivity index is 2.97. The number of carbonyl (C=O) groups is 1. The Morgan fingerprint density at radius 1 is 1.27 bits per heavy atom. The van der Waals surface area contributed by atoms with Gasteiger partial charge in [0.2, 0.25) is 5.91 Å². The highest BCUT2D eigenvalue weighted by atomic mass is 16.2. The van der Waals surface area contributed by atoms with Crippen LogP contribution < -0.4 is 0 Å². The summed E-state index contributed by atoms with van der Waals surface area (Å²) in [6.07, 6.45) is 0.548. The molecule has 1 aromatic carbocycles. The number of nitrogens with zero attached hydrogens (tertiary/aromatic N) is 1. The second-order valence-corrected chi connectivity index (χ2v) is 4.23. The van der Waals surface area contributed by atoms with Gasteiger partial charge in [0.25, 0.3) is 0 Å². The molecule has 0 radical (unpaired) electrons. The molecule has 2 heteroatoms. The average molecular weight is 205 g/mol. The quantitative estimate of drug-likeness (QED) is 0.743. The van der Waals surface area contributed by atoms with Crippen molar-refractivity contribution in [3.05, 3.63) is 35.9 Å². The van der Waals surface area contributed by atoms with E-state index in [-0.39, 0.29) is 11.4 Å². The monoisotopic (exact) mass is 205 g/mol. The molecule has 1 rings (SSSR count). The van der Waals surface area contributed by atoms with Crippen molar-refractivity contribution in [2.24, 2.45) is 0 Å². The molecule has 82 valence electrons. The fourth-order valence-corrected chi connectivity index (χ4v) is 1.59. The van der Waals surface area contributed by atoms with Gasteiger partial charge in [-0.3, -0.25) is 4.79 Å². The van der Waals surface area contributed by atoms with Gasteiger partial charge in [0, 0.05) is 13.5 Å². The lowest BCUT2D eigenvalue weighted by Gasteiger charge is -2.36. The van der Waals surface area contributed by atoms with Crippen molar-refractivity contribution >= 4 is 5.91 Å². The SMILES string of the molecule is CCC(=O)N(C)C(C)(C)c1ccccc1. The van der Waals surface area contributed by atoms with E-state index in [0.29, 0.717) is 6.42 Å². The lowest BCUT2D eigenvalue weighted by atomic mass is 9.92. The Labute approximate surface area is 91.9 Å². The maximum Gasteiger partial charge on any atom is 0.222 e. The summed E-state index contributed by atoms with van der Waals surface area (Å²) in [5.41, 5.74) is 0.920. The maximum absolute atomic E-state index is 11.7. The van der Waals surface area contributed by atoms with Gasteiger partial charge in [-0.2, -0.15) is 0 Å². The van der Waals surface area contributed by atoms with Crippen LogP contribution in [0, 0.1) is 0 Å². The Bertz CT molecular complexity index is 330. The molecular formula is C13H19NO. The van der Waals surface area contributed by atoms with Crippen molar-refractivity contribution in [2.75, 3.05) is 7.05 Å². The summed E-state index contributed by atoms with van der Waals surface area (Å²) >= 11 is 0. The van der Waals surface area contributed by atoms with Crippen LogP contribution in [0.4, 0.5) is 0 Å². The summed E-state index contributed by atoms with van der Waals surface area (Å²) < 4.78 is 0. The molecule has 0 saturated carbocycles. The topological polar surface area (TPSA) is 20.3 Å². The zero-order valence-corrected chi connectivity index (χ0v) is 9.95. The van der Waals surface area contributed by atoms with Gasteiger partial charge in [-0.05, 0) is 19.4 Å². The predicted octanol–water partition coefficient (Wildman–Crippen LogP) is 2.79. The molecule has 0 aliphatic carbocycles. The van der Waals surface area contributed by atoms with Gasteiger partial charge in [-0.1, -0.05) is 37.3 Å². The van der Waals surface area contributed by atoms with Gasteiger partial charge in [-0.25, -0.2) is 0 Å². The van der Waals surface area contributed by atoms with Crippen molar-refractivity contribution in [1.82, 2.24) is 4.90 Å². The smallest absolute Gasteiger partial charge is 0.222 e. The molecule has 0 atom stereocenters. The molecule has 0 N–H and O–H groups in total. The minimum atomic E-state index is -0.242. The lowest BCUT2D eigenvalue weighted by molar-refractivity contribution is -0.134. The summed E-state index contributed by atoms with van der Waals surface area (Å²) in [4.78, 5) is 13.5. The normalized spacial score (nSPS) is 11.2. The van der Waals surface area contributed by atoms with Crippen LogP contribution in [-0.4, -0.2) is 17.9 Å². The number of hydrogen-bond donors (Lipinski definition) is 0. The third-order valence-corrected chi connectivity index (χ3v) is 3.00. The zero-order chi connectivity index (χ0) is 11.5. The third-order valence-electron chi connectivity index (χ3n) is 3.00. The molecule has 1 amide bonds. The molecule has 1 aromatic rings. The summed E-state index contributed by atoms with van der Waals surface area (Å²) in [7, 11) is 1.86. The molecule has 0 unspecified atom stereocenters. The number of carbonyl (C=O) groups excluding carboxylic acids is 1. The molecule has 0 bridgehead atoms. The summed E-state index contributed by atoms with van der Waals surface area (Å²) in [5, 5.41) is 0. The largest absolute Gasteiger partial charge is 0.337 e. The molecule has 0 aromatic heterocycles. The minimum absolute atomic E-state index is 0.170. The first-order chi connectivity index (χ1) is 7.00. The van der Waals surface area contributed by atoms with E-state index in [9.17, 15) is 4.79 Å². The van der Waals surface area contributed by atoms with Crippen LogP contribution in [0.25, 0.3) is 0 Å². The maximum atomic E-state index is 11.7. The van der Waals surface area contributed by atoms with Gasteiger partial charge >= 0.3 is 0 Å². The second kappa shape index (κ2) is 4.47. The molecule has 2 nitrogen and oxygen atoms in total. The van der Waals surface area contributed by atoms with Crippen LogP contribution in [0.1, 0.15) is 32.8 Å². The highest BCUT2D eigenvalue weighted by Crippen LogP contribution is 2.26. The Morgan fingerprint density at radius 2 is 1.80 bits per heavy atom. The lowest BCUT2D eigenvalue weighted by Crippen LogP contribution is -2.42. The molecule has 0 spiro atoms. The standard InChI is InChI=1S/C13H19NO/c1-5-12(15)14(4)13(2,3)11-9-7-6-8-10-11/h6-10H,5H2,1-4H3. The van der Waals surface area contributed by atoms with E-state index >= 15 is 0 Å². The van der Waals surface area contributed by atoms with E-state index in [1.54, 1.807) is 0 Å². The van der Waals surface area contributed by atoms with Gasteiger partial charge < -0.3 is 4.90 Å². The third kappa shape index (κ3) is 2.38. The average Bonchev–Trinajstić information content (AvgIpc) is 2.28. The predicted molar refractivity (Wildman–Crippen MR) is 62.5 cm³/mol. The number of benzene rings is 1. The van der Waals surface area contributed by atoms with Crippen LogP contribution in [0.15, 0.2) is 30.3 Å². The highest BCUT2D eigenvalue weighted by molar-refractivity contribution is 5.76. The Morgan fingerprint density at radius 3 is 2.27 bits per heavy atom. The summed E-state index contributed by atoms with van der Waals surface area (Å²) in [6, 6.07) is 10.1. The fourth-order valence-electron chi connectivity index (χ4n) is 1.59. The second-order valence-electron chi connectivity index (χ2n) is 4.23. The van der Waals surface area contributed by atoms with Crippen molar-refractivity contribution in [3.63, 3.8) is 0 Å². The van der Waals surface area contributed by atoms with Crippen LogP contribution in [-0.2, 0) is 10.3 Å². The van der Waals surface area contributed by atoms with Gasteiger partial charge in [0.15, 0.2) is 0 Å². The fraction of sp³-hybridized carbons (Fsp3) is 0.462. The van der Waals surface area contributed by atoms with Crippen LogP contribution in [0.3, 0.4) is 0 Å². The Kier molecular flexibility index (Phi) is 3.51. The van der Waals surface area contributed by atoms with Crippen LogP contribution >= 0.6 is 0 Å². The zero-order valence-electron chi connectivity index (χ0n) is 9.95. The number of rotatable bonds is 3. The van der Waals surface area contributed by atoms with Crippen molar-refractivity contribution in [3.8, 4) is 0 Å². The van der Waals surface area contributed by atoms with Gasteiger partial charge in [0.1, 0.15) is 0 Å². The van der Waals surface area contributed by atoms with E-state index in [1.165, 1.54) is 0 Å². The highest BCUT2D eigenvalue weighted by Gasteiger charge is 2.28. The molecule has 0 aliphatic heterocycles. The first-order valence-electron chi connectivity index (χ1n) is 5.32. The van der Waals surface area contributed by atoms with Gasteiger partial charge in [0.05, 0.1) is 5.54 Å². The number of hydrogen-bond acceptors (Lipinski definition) is 1. The first-order valence-corrected chi connectivity index (χ1v) is 5.32. The molecule has 0 aliphatic rings. The van der Waals surface area contributed by atoms with E-state index in [1.807, 2.05) is 37.1 Å². The van der Waals surface area contributed by atoms with Crippen molar-refractivity contribution in [2.45, 2.75) is 32.7 Å². The number of amides is 1. The first kappa shape index (κ1) is 11.8. The minimum Gasteiger partial charge on any atom is -0.337 e. The van der Waals surface area contributed by atoms with E-state index in [2.05, 4.69) is 26.0 Å². The molecular weight excluding hydrogens is 186 g/mol. The van der Waals surface area contributed by atoms with E-state index in [0.717, 1.165) is 5.56 Å². The van der Waals surface area contributed by atoms with E-state index in [4.69, 9.17) is 0 Å². The summed E-state index contributed by atoms with van der Waals surface area (Å²) in [6.45, 7) is 6.02. The molecule has 0 heterocycles. The van der Waals surface area contributed by atoms with E-state index < -0.39 is 0 Å². The van der Waals surface area contributed by atoms with Crippen molar-refractivity contribution in [1.29, 1.82) is 0 Å². The molecule has 15 heavy (non-hydrogen) atoms. The van der Waals surface area contributed by atoms with Gasteiger partial charge in [-0.15, -0.1) is 0 Å². The van der Waals surface area contributed by atoms with Crippen LogP contribution in [0.2, 0.25) is 0 Å².